The van der Waals surface area contributed by atoms with Gasteiger partial charge in [-0.25, -0.2) is 4.79 Å². The van der Waals surface area contributed by atoms with Crippen LogP contribution in [-0.2, 0) is 10.3 Å². The number of nitrogens with one attached hydrogen (secondary N) is 1. The maximum absolute atomic E-state index is 13.1. The number of benzene rings is 1. The number of nitrogens with zero attached hydrogens (tertiary/aromatic N) is 2. The molecule has 1 saturated carbocycles. The molecular weight excluding hydrogens is 413 g/mol. The van der Waals surface area contributed by atoms with Crippen molar-refractivity contribution < 1.29 is 14.4 Å². The van der Waals surface area contributed by atoms with Crippen molar-refractivity contribution in [3.05, 3.63) is 56.8 Å². The van der Waals surface area contributed by atoms with Gasteiger partial charge in [0.1, 0.15) is 5.54 Å². The van der Waals surface area contributed by atoms with Crippen LogP contribution in [0.2, 0.25) is 10.0 Å². The summed E-state index contributed by atoms with van der Waals surface area (Å²) >= 11 is 12.2. The fraction of sp³-hybridized carbons (Fsp3) is 0.381. The summed E-state index contributed by atoms with van der Waals surface area (Å²) in [5.74, 6) is -0.781. The zero-order valence-corrected chi connectivity index (χ0v) is 17.9. The third-order valence-electron chi connectivity index (χ3n) is 5.74. The van der Waals surface area contributed by atoms with Crippen LogP contribution in [0.3, 0.4) is 0 Å². The van der Waals surface area contributed by atoms with Crippen LogP contribution in [0.15, 0.2) is 24.3 Å². The fourth-order valence-corrected chi connectivity index (χ4v) is 4.70. The molecule has 0 bridgehead atoms. The van der Waals surface area contributed by atoms with Crippen LogP contribution >= 0.6 is 23.2 Å². The van der Waals surface area contributed by atoms with Crippen LogP contribution in [0.5, 0.6) is 0 Å². The fourth-order valence-electron chi connectivity index (χ4n) is 4.10. The summed E-state index contributed by atoms with van der Waals surface area (Å²) in [6, 6.07) is 6.40. The number of carbonyl (C=O) groups excluding carboxylic acids is 3. The molecule has 1 aromatic heterocycles. The van der Waals surface area contributed by atoms with Crippen LogP contribution in [0.1, 0.15) is 53.1 Å². The second kappa shape index (κ2) is 6.89. The molecule has 152 valence electrons. The lowest BCUT2D eigenvalue weighted by molar-refractivity contribution is -0.130. The summed E-state index contributed by atoms with van der Waals surface area (Å²) in [5, 5.41) is 3.38. The van der Waals surface area contributed by atoms with Gasteiger partial charge in [0.05, 0.1) is 6.54 Å². The molecule has 1 atom stereocenters. The van der Waals surface area contributed by atoms with Crippen LogP contribution in [0.25, 0.3) is 0 Å². The summed E-state index contributed by atoms with van der Waals surface area (Å²) in [7, 11) is 0. The van der Waals surface area contributed by atoms with Gasteiger partial charge in [-0.15, -0.1) is 0 Å². The molecule has 0 radical (unpaired) electrons. The molecule has 6 nitrogen and oxygen atoms in total. The lowest BCUT2D eigenvalue weighted by Crippen LogP contribution is -2.41. The number of rotatable bonds is 5. The number of hydrogen-bond acceptors (Lipinski definition) is 3. The number of imide groups is 1. The van der Waals surface area contributed by atoms with Gasteiger partial charge in [-0.2, -0.15) is 0 Å². The maximum atomic E-state index is 13.1. The maximum Gasteiger partial charge on any atom is 0.325 e. The highest BCUT2D eigenvalue weighted by molar-refractivity contribution is 6.35. The van der Waals surface area contributed by atoms with Crippen molar-refractivity contribution in [2.75, 3.05) is 6.54 Å². The minimum atomic E-state index is -1.36. The molecule has 2 aliphatic rings. The first-order chi connectivity index (χ1) is 13.6. The van der Waals surface area contributed by atoms with Crippen molar-refractivity contribution in [3.63, 3.8) is 0 Å². The van der Waals surface area contributed by atoms with Crippen molar-refractivity contribution in [1.82, 2.24) is 14.8 Å². The number of carbonyl (C=O) groups is 3. The second-order valence-corrected chi connectivity index (χ2v) is 8.72. The van der Waals surface area contributed by atoms with Crippen molar-refractivity contribution in [2.24, 2.45) is 0 Å². The molecule has 2 aromatic rings. The minimum absolute atomic E-state index is 0.264. The first-order valence-electron chi connectivity index (χ1n) is 9.44. The van der Waals surface area contributed by atoms with Crippen molar-refractivity contribution in [3.8, 4) is 0 Å². The lowest BCUT2D eigenvalue weighted by Gasteiger charge is -2.23. The average molecular weight is 434 g/mol. The van der Waals surface area contributed by atoms with Gasteiger partial charge in [-0.1, -0.05) is 29.3 Å². The van der Waals surface area contributed by atoms with Crippen LogP contribution in [-0.4, -0.2) is 33.7 Å². The summed E-state index contributed by atoms with van der Waals surface area (Å²) in [4.78, 5) is 39.6. The molecule has 2 heterocycles. The Hall–Kier alpha value is -2.31. The number of aromatic nitrogens is 1. The van der Waals surface area contributed by atoms with Gasteiger partial charge in [-0.05, 0) is 51.8 Å². The van der Waals surface area contributed by atoms with E-state index in [1.807, 2.05) is 19.9 Å². The minimum Gasteiger partial charge on any atom is -0.345 e. The van der Waals surface area contributed by atoms with Crippen molar-refractivity contribution >= 4 is 40.9 Å². The van der Waals surface area contributed by atoms with E-state index < -0.39 is 17.5 Å². The molecule has 1 N–H and O–H groups in total. The monoisotopic (exact) mass is 433 g/mol. The molecular formula is C21H21Cl2N3O3. The van der Waals surface area contributed by atoms with E-state index in [0.29, 0.717) is 22.2 Å². The zero-order chi connectivity index (χ0) is 21.1. The van der Waals surface area contributed by atoms with E-state index in [1.54, 1.807) is 19.1 Å². The van der Waals surface area contributed by atoms with Crippen LogP contribution in [0, 0.1) is 13.8 Å². The molecule has 3 amide bonds. The van der Waals surface area contributed by atoms with E-state index >= 15 is 0 Å². The van der Waals surface area contributed by atoms with Gasteiger partial charge in [0.25, 0.3) is 5.91 Å². The summed E-state index contributed by atoms with van der Waals surface area (Å²) in [5.41, 5.74) is 1.52. The number of Topliss-reactive ketones (excluding diaryl/α,β-unsaturated/α-hetero) is 1. The molecule has 8 heteroatoms. The Morgan fingerprint density at radius 3 is 2.52 bits per heavy atom. The molecule has 1 aromatic carbocycles. The quantitative estimate of drug-likeness (QED) is 0.560. The highest BCUT2D eigenvalue weighted by atomic mass is 35.5. The number of amides is 3. The molecule has 2 fully saturated rings. The number of hydrogen-bond donors (Lipinski definition) is 1. The largest absolute Gasteiger partial charge is 0.345 e. The first-order valence-corrected chi connectivity index (χ1v) is 10.2. The van der Waals surface area contributed by atoms with E-state index in [2.05, 4.69) is 9.88 Å². The molecule has 1 saturated heterocycles. The Balaban J connectivity index is 1.60. The number of halogens is 2. The zero-order valence-electron chi connectivity index (χ0n) is 16.4. The van der Waals surface area contributed by atoms with Crippen molar-refractivity contribution in [2.45, 2.75) is 45.2 Å². The molecule has 0 spiro atoms. The number of urea groups is 1. The summed E-state index contributed by atoms with van der Waals surface area (Å²) < 4.78 is 2.16. The van der Waals surface area contributed by atoms with Gasteiger partial charge in [0, 0.05) is 38.6 Å². The smallest absolute Gasteiger partial charge is 0.325 e. The Morgan fingerprint density at radius 1 is 1.21 bits per heavy atom. The Morgan fingerprint density at radius 2 is 1.90 bits per heavy atom. The van der Waals surface area contributed by atoms with E-state index in [0.717, 1.165) is 29.1 Å². The van der Waals surface area contributed by atoms with E-state index in [4.69, 9.17) is 23.2 Å². The van der Waals surface area contributed by atoms with E-state index in [1.165, 1.54) is 6.07 Å². The van der Waals surface area contributed by atoms with Crippen LogP contribution in [0.4, 0.5) is 4.79 Å². The third kappa shape index (κ3) is 3.24. The second-order valence-electron chi connectivity index (χ2n) is 7.88. The molecule has 1 aliphatic heterocycles. The highest BCUT2D eigenvalue weighted by Crippen LogP contribution is 2.39. The summed E-state index contributed by atoms with van der Waals surface area (Å²) in [6.45, 7) is 5.13. The third-order valence-corrected chi connectivity index (χ3v) is 6.29. The van der Waals surface area contributed by atoms with Crippen LogP contribution < -0.4 is 5.32 Å². The Kier molecular flexibility index (Phi) is 4.74. The Labute approximate surface area is 178 Å². The lowest BCUT2D eigenvalue weighted by atomic mass is 9.92. The SMILES string of the molecule is Cc1cc(C(=O)CN2C(=O)N[C@@](C)(c3ccc(Cl)cc3Cl)C2=O)c(C)n1C1CC1. The van der Waals surface area contributed by atoms with Gasteiger partial charge in [0.15, 0.2) is 5.78 Å². The highest BCUT2D eigenvalue weighted by Gasteiger charge is 2.50. The van der Waals surface area contributed by atoms with Gasteiger partial charge in [-0.3, -0.25) is 14.5 Å². The number of ketones is 1. The molecule has 29 heavy (non-hydrogen) atoms. The Bertz CT molecular complexity index is 1060. The predicted octanol–water partition coefficient (Wildman–Crippen LogP) is 4.40. The molecule has 0 unspecified atom stereocenters. The molecule has 1 aliphatic carbocycles. The van der Waals surface area contributed by atoms with E-state index in [9.17, 15) is 14.4 Å². The normalized spacial score (nSPS) is 21.6. The van der Waals surface area contributed by atoms with E-state index in [-0.39, 0.29) is 17.4 Å². The molecule has 4 rings (SSSR count). The topological polar surface area (TPSA) is 71.4 Å². The van der Waals surface area contributed by atoms with Gasteiger partial charge < -0.3 is 9.88 Å². The standard InChI is InChI=1S/C21H21Cl2N3O3/c1-11-8-15(12(2)26(11)14-5-6-14)18(27)10-25-19(28)21(3,24-20(25)29)16-7-4-13(22)9-17(16)23/h4,7-9,14H,5-6,10H2,1-3H3,(H,24,29)/t21-/m0/s1. The van der Waals surface area contributed by atoms with Crippen molar-refractivity contribution in [1.29, 1.82) is 0 Å². The summed E-state index contributed by atoms with van der Waals surface area (Å²) in [6.07, 6.45) is 2.22. The number of aryl methyl sites for hydroxylation is 1. The average Bonchev–Trinajstić information content (AvgIpc) is 3.39. The van der Waals surface area contributed by atoms with Gasteiger partial charge >= 0.3 is 6.03 Å². The van der Waals surface area contributed by atoms with Gasteiger partial charge in [0.2, 0.25) is 0 Å². The predicted molar refractivity (Wildman–Crippen MR) is 111 cm³/mol. The first kappa shape index (κ1) is 20.0.